The molecule has 0 aliphatic heterocycles. The lowest BCUT2D eigenvalue weighted by Crippen LogP contribution is -2.54. The molecule has 0 saturated heterocycles. The minimum atomic E-state index is -0.183. The number of hydrogen-bond donors (Lipinski definition) is 2. The zero-order chi connectivity index (χ0) is 19.8. The third kappa shape index (κ3) is 2.32. The lowest BCUT2D eigenvalue weighted by Gasteiger charge is -2.61. The molecule has 0 radical (unpaired) electrons. The van der Waals surface area contributed by atoms with Crippen LogP contribution in [0.15, 0.2) is 23.3 Å². The molecule has 0 aromatic heterocycles. The van der Waals surface area contributed by atoms with Gasteiger partial charge >= 0.3 is 0 Å². The minimum absolute atomic E-state index is 0.0266. The van der Waals surface area contributed by atoms with Crippen molar-refractivity contribution in [1.82, 2.24) is 0 Å². The summed E-state index contributed by atoms with van der Waals surface area (Å²) in [5.41, 5.74) is 3.86. The molecule has 4 rings (SSSR count). The van der Waals surface area contributed by atoms with E-state index in [-0.39, 0.29) is 27.8 Å². The number of aliphatic hydroxyl groups is 2. The number of allylic oxidation sites excluding steroid dienone is 4. The summed E-state index contributed by atoms with van der Waals surface area (Å²) >= 11 is 0. The monoisotopic (exact) mass is 372 g/mol. The number of fused-ring (bicyclic) bond motifs is 5. The zero-order valence-electron chi connectivity index (χ0n) is 18.3. The van der Waals surface area contributed by atoms with Gasteiger partial charge in [-0.25, -0.2) is 0 Å². The summed E-state index contributed by atoms with van der Waals surface area (Å²) in [7, 11) is 0. The molecule has 0 heterocycles. The van der Waals surface area contributed by atoms with Gasteiger partial charge in [-0.15, -0.1) is 0 Å². The van der Waals surface area contributed by atoms with Gasteiger partial charge in [0.05, 0.1) is 6.10 Å². The van der Waals surface area contributed by atoms with Crippen LogP contribution in [0.5, 0.6) is 0 Å². The topological polar surface area (TPSA) is 40.5 Å². The minimum Gasteiger partial charge on any atom is -0.396 e. The number of hydrogen-bond acceptors (Lipinski definition) is 2. The highest BCUT2D eigenvalue weighted by Gasteiger charge is 2.62. The van der Waals surface area contributed by atoms with Crippen LogP contribution in [0.2, 0.25) is 0 Å². The van der Waals surface area contributed by atoms with Crippen molar-refractivity contribution in [3.05, 3.63) is 23.3 Å². The Kier molecular flexibility index (Phi) is 4.34. The second-order valence-corrected chi connectivity index (χ2v) is 11.6. The molecule has 27 heavy (non-hydrogen) atoms. The quantitative estimate of drug-likeness (QED) is 0.672. The van der Waals surface area contributed by atoms with Crippen LogP contribution in [-0.2, 0) is 0 Å². The fourth-order valence-electron chi connectivity index (χ4n) is 8.07. The third-order valence-electron chi connectivity index (χ3n) is 10.3. The van der Waals surface area contributed by atoms with Gasteiger partial charge in [0.15, 0.2) is 0 Å². The highest BCUT2D eigenvalue weighted by Crippen LogP contribution is 2.71. The Morgan fingerprint density at radius 3 is 2.41 bits per heavy atom. The highest BCUT2D eigenvalue weighted by molar-refractivity contribution is 5.49. The molecular weight excluding hydrogens is 332 g/mol. The van der Waals surface area contributed by atoms with Crippen LogP contribution in [0.25, 0.3) is 0 Å². The highest BCUT2D eigenvalue weighted by atomic mass is 16.3. The first-order valence-electron chi connectivity index (χ1n) is 11.2. The molecule has 7 atom stereocenters. The van der Waals surface area contributed by atoms with E-state index in [1.54, 1.807) is 11.1 Å². The maximum atomic E-state index is 10.7. The Morgan fingerprint density at radius 2 is 1.74 bits per heavy atom. The maximum absolute atomic E-state index is 10.7. The van der Waals surface area contributed by atoms with E-state index >= 15 is 0 Å². The van der Waals surface area contributed by atoms with E-state index in [9.17, 15) is 10.2 Å². The van der Waals surface area contributed by atoms with Gasteiger partial charge in [-0.3, -0.25) is 0 Å². The molecule has 0 unspecified atom stereocenters. The molecule has 2 fully saturated rings. The van der Waals surface area contributed by atoms with Crippen molar-refractivity contribution in [2.45, 2.75) is 86.2 Å². The Morgan fingerprint density at radius 1 is 1.04 bits per heavy atom. The SMILES string of the molecule is C[C@H](CO)[C@H]1CC[C@@]2(C)C3=CC[C@H]4C(C)(C)[C@@H](O)CC[C@]4(C)C3=CC[C@]12C. The standard InChI is InChI=1S/C25H40O2/c1-16(15-26)17-9-13-25(6)19-7-8-20-22(2,3)21(27)11-12-23(20,4)18(19)10-14-24(17,25)5/h7,10,16-17,20-21,26-27H,8-9,11-15H2,1-6H3/t16-,17-,20+,21+,23-,24-,25+/m1/s1. The van der Waals surface area contributed by atoms with Crippen LogP contribution in [0.4, 0.5) is 0 Å². The summed E-state index contributed by atoms with van der Waals surface area (Å²) in [4.78, 5) is 0. The first-order chi connectivity index (χ1) is 12.5. The Hall–Kier alpha value is -0.600. The predicted molar refractivity (Wildman–Crippen MR) is 111 cm³/mol. The zero-order valence-corrected chi connectivity index (χ0v) is 18.3. The molecule has 2 nitrogen and oxygen atoms in total. The molecule has 0 bridgehead atoms. The fraction of sp³-hybridized carbons (Fsp3) is 0.840. The second-order valence-electron chi connectivity index (χ2n) is 11.6. The van der Waals surface area contributed by atoms with Gasteiger partial charge < -0.3 is 10.2 Å². The van der Waals surface area contributed by atoms with Crippen molar-refractivity contribution >= 4 is 0 Å². The maximum Gasteiger partial charge on any atom is 0.0594 e. The van der Waals surface area contributed by atoms with Crippen LogP contribution in [0, 0.1) is 39.4 Å². The molecule has 0 spiro atoms. The van der Waals surface area contributed by atoms with Crippen LogP contribution < -0.4 is 0 Å². The molecule has 0 amide bonds. The van der Waals surface area contributed by atoms with Gasteiger partial charge in [0.25, 0.3) is 0 Å². The third-order valence-corrected chi connectivity index (χ3v) is 10.3. The number of aliphatic hydroxyl groups excluding tert-OH is 2. The molecule has 4 aliphatic rings. The molecule has 2 heteroatoms. The van der Waals surface area contributed by atoms with E-state index in [0.29, 0.717) is 24.4 Å². The van der Waals surface area contributed by atoms with Gasteiger partial charge in [-0.05, 0) is 89.1 Å². The van der Waals surface area contributed by atoms with Crippen LogP contribution >= 0.6 is 0 Å². The van der Waals surface area contributed by atoms with Crippen LogP contribution in [-0.4, -0.2) is 22.9 Å². The Balaban J connectivity index is 1.79. The van der Waals surface area contributed by atoms with Gasteiger partial charge in [0, 0.05) is 6.61 Å². The lowest BCUT2D eigenvalue weighted by molar-refractivity contribution is -0.0852. The fourth-order valence-corrected chi connectivity index (χ4v) is 8.07. The van der Waals surface area contributed by atoms with E-state index in [1.165, 1.54) is 12.8 Å². The van der Waals surface area contributed by atoms with Gasteiger partial charge in [0.2, 0.25) is 0 Å². The first kappa shape index (κ1) is 19.7. The van der Waals surface area contributed by atoms with E-state index in [2.05, 4.69) is 53.7 Å². The van der Waals surface area contributed by atoms with Gasteiger partial charge in [0.1, 0.15) is 0 Å². The van der Waals surface area contributed by atoms with Crippen molar-refractivity contribution in [1.29, 1.82) is 0 Å². The summed E-state index contributed by atoms with van der Waals surface area (Å²) < 4.78 is 0. The Bertz CT molecular complexity index is 688. The first-order valence-corrected chi connectivity index (χ1v) is 11.2. The van der Waals surface area contributed by atoms with Crippen molar-refractivity contribution in [3.63, 3.8) is 0 Å². The molecule has 152 valence electrons. The number of rotatable bonds is 2. The average Bonchev–Trinajstić information content (AvgIpc) is 2.90. The Labute approximate surface area is 166 Å². The summed E-state index contributed by atoms with van der Waals surface area (Å²) in [6.07, 6.45) is 11.7. The molecule has 2 N–H and O–H groups in total. The largest absolute Gasteiger partial charge is 0.396 e. The van der Waals surface area contributed by atoms with E-state index in [4.69, 9.17) is 0 Å². The molecule has 2 saturated carbocycles. The summed E-state index contributed by atoms with van der Waals surface area (Å²) in [5, 5.41) is 20.5. The molecule has 0 aromatic carbocycles. The van der Waals surface area contributed by atoms with Crippen LogP contribution in [0.3, 0.4) is 0 Å². The molecular formula is C25H40O2. The second kappa shape index (κ2) is 5.95. The van der Waals surface area contributed by atoms with E-state index in [0.717, 1.165) is 25.7 Å². The average molecular weight is 373 g/mol. The molecule has 4 aliphatic carbocycles. The predicted octanol–water partition coefficient (Wildman–Crippen LogP) is 5.50. The van der Waals surface area contributed by atoms with Crippen LogP contribution in [0.1, 0.15) is 80.1 Å². The normalized spacial score (nSPS) is 49.4. The van der Waals surface area contributed by atoms with E-state index in [1.807, 2.05) is 0 Å². The lowest BCUT2D eigenvalue weighted by atomic mass is 9.44. The molecule has 0 aromatic rings. The summed E-state index contributed by atoms with van der Waals surface area (Å²) in [5.74, 6) is 1.50. The van der Waals surface area contributed by atoms with Crippen molar-refractivity contribution in [2.24, 2.45) is 39.4 Å². The van der Waals surface area contributed by atoms with Crippen molar-refractivity contribution < 1.29 is 10.2 Å². The van der Waals surface area contributed by atoms with Gasteiger partial charge in [-0.1, -0.05) is 53.7 Å². The van der Waals surface area contributed by atoms with Crippen molar-refractivity contribution in [3.8, 4) is 0 Å². The van der Waals surface area contributed by atoms with E-state index < -0.39 is 0 Å². The smallest absolute Gasteiger partial charge is 0.0594 e. The van der Waals surface area contributed by atoms with Gasteiger partial charge in [-0.2, -0.15) is 0 Å². The summed E-state index contributed by atoms with van der Waals surface area (Å²) in [6, 6.07) is 0. The van der Waals surface area contributed by atoms with Crippen molar-refractivity contribution in [2.75, 3.05) is 6.61 Å². The summed E-state index contributed by atoms with van der Waals surface area (Å²) in [6.45, 7) is 14.6.